The topological polar surface area (TPSA) is 93.5 Å². The molecule has 18 heavy (non-hydrogen) atoms. The number of hydrogen-bond donors (Lipinski definition) is 3. The number of nitrogens with one attached hydrogen (secondary N) is 2. The molecule has 1 rings (SSSR count). The van der Waals surface area contributed by atoms with Gasteiger partial charge in [-0.3, -0.25) is 9.59 Å². The van der Waals surface area contributed by atoms with Crippen LogP contribution in [-0.4, -0.2) is 42.6 Å². The van der Waals surface area contributed by atoms with Gasteiger partial charge in [-0.1, -0.05) is 12.2 Å². The van der Waals surface area contributed by atoms with E-state index in [2.05, 4.69) is 22.9 Å². The van der Waals surface area contributed by atoms with Crippen LogP contribution < -0.4 is 16.4 Å². The van der Waals surface area contributed by atoms with Crippen LogP contribution in [0.2, 0.25) is 0 Å². The molecular formula is C11H19N3O3S. The number of carbonyl (C=O) groups excluding carboxylic acids is 2. The molecule has 1 aliphatic rings. The molecule has 2 amide bonds. The van der Waals surface area contributed by atoms with Crippen molar-refractivity contribution in [1.82, 2.24) is 10.6 Å². The fourth-order valence-electron chi connectivity index (χ4n) is 1.85. The molecule has 6 nitrogen and oxygen atoms in total. The Balaban J connectivity index is 2.33. The van der Waals surface area contributed by atoms with Gasteiger partial charge < -0.3 is 21.1 Å². The molecule has 0 aromatic carbocycles. The molecule has 0 saturated carbocycles. The zero-order valence-corrected chi connectivity index (χ0v) is 11.2. The molecule has 0 radical (unpaired) electrons. The summed E-state index contributed by atoms with van der Waals surface area (Å²) in [5.41, 5.74) is 5.23. The maximum atomic E-state index is 11.6. The molecule has 1 saturated heterocycles. The van der Waals surface area contributed by atoms with Gasteiger partial charge in [0.2, 0.25) is 0 Å². The molecule has 0 bridgehead atoms. The third kappa shape index (κ3) is 4.97. The van der Waals surface area contributed by atoms with Gasteiger partial charge in [-0.2, -0.15) is 0 Å². The van der Waals surface area contributed by atoms with Crippen molar-refractivity contribution in [2.24, 2.45) is 11.7 Å². The summed E-state index contributed by atoms with van der Waals surface area (Å²) in [6.45, 7) is 3.35. The average molecular weight is 273 g/mol. The number of amides is 2. The second kappa shape index (κ2) is 7.27. The van der Waals surface area contributed by atoms with Crippen LogP contribution in [0.4, 0.5) is 0 Å². The lowest BCUT2D eigenvalue weighted by Gasteiger charge is -2.28. The van der Waals surface area contributed by atoms with Crippen LogP contribution in [0.25, 0.3) is 0 Å². The van der Waals surface area contributed by atoms with Crippen LogP contribution in [0, 0.1) is 5.92 Å². The zero-order valence-electron chi connectivity index (χ0n) is 10.4. The van der Waals surface area contributed by atoms with Crippen LogP contribution in [-0.2, 0) is 14.3 Å². The Hall–Kier alpha value is -1.21. The van der Waals surface area contributed by atoms with Crippen molar-refractivity contribution in [3.05, 3.63) is 0 Å². The average Bonchev–Trinajstić information content (AvgIpc) is 2.36. The van der Waals surface area contributed by atoms with E-state index in [1.165, 1.54) is 0 Å². The van der Waals surface area contributed by atoms with E-state index < -0.39 is 11.8 Å². The van der Waals surface area contributed by atoms with Gasteiger partial charge in [-0.15, -0.1) is 0 Å². The van der Waals surface area contributed by atoms with E-state index in [0.29, 0.717) is 19.1 Å². The van der Waals surface area contributed by atoms with Crippen LogP contribution in [0.1, 0.15) is 19.8 Å². The standard InChI is InChI=1S/C11H19N3O3S/c1-7(8-2-4-17-5-3-8)14-11(16)10(15)13-6-9(12)18/h7-8H,2-6H2,1H3,(H2,12,18)(H,13,15)(H,14,16). The normalized spacial score (nSPS) is 17.8. The van der Waals surface area contributed by atoms with Gasteiger partial charge in [0.1, 0.15) is 0 Å². The second-order valence-corrected chi connectivity index (χ2v) is 4.89. The van der Waals surface area contributed by atoms with Crippen LogP contribution in [0.3, 0.4) is 0 Å². The molecule has 0 aromatic heterocycles. The SMILES string of the molecule is CC(NC(=O)C(=O)NCC(N)=S)C1CCOCC1. The first-order chi connectivity index (χ1) is 8.50. The molecule has 1 unspecified atom stereocenters. The van der Waals surface area contributed by atoms with Gasteiger partial charge >= 0.3 is 11.8 Å². The van der Waals surface area contributed by atoms with Gasteiger partial charge in [-0.05, 0) is 25.7 Å². The van der Waals surface area contributed by atoms with Gasteiger partial charge in [0, 0.05) is 19.3 Å². The van der Waals surface area contributed by atoms with E-state index in [1.54, 1.807) is 0 Å². The fourth-order valence-corrected chi connectivity index (χ4v) is 1.93. The summed E-state index contributed by atoms with van der Waals surface area (Å²) in [6.07, 6.45) is 1.80. The highest BCUT2D eigenvalue weighted by Gasteiger charge is 2.24. The molecule has 102 valence electrons. The lowest BCUT2D eigenvalue weighted by atomic mass is 9.93. The second-order valence-electron chi connectivity index (χ2n) is 4.36. The highest BCUT2D eigenvalue weighted by atomic mass is 32.1. The molecule has 4 N–H and O–H groups in total. The van der Waals surface area contributed by atoms with E-state index in [9.17, 15) is 9.59 Å². The van der Waals surface area contributed by atoms with Gasteiger partial charge in [0.25, 0.3) is 0 Å². The predicted octanol–water partition coefficient (Wildman–Crippen LogP) is -0.680. The lowest BCUT2D eigenvalue weighted by Crippen LogP contribution is -2.48. The van der Waals surface area contributed by atoms with Crippen LogP contribution >= 0.6 is 12.2 Å². The Labute approximate surface area is 112 Å². The highest BCUT2D eigenvalue weighted by Crippen LogP contribution is 2.18. The van der Waals surface area contributed by atoms with Crippen molar-refractivity contribution in [1.29, 1.82) is 0 Å². The fraction of sp³-hybridized carbons (Fsp3) is 0.727. The summed E-state index contributed by atoms with van der Waals surface area (Å²) >= 11 is 4.61. The minimum atomic E-state index is -0.707. The Kier molecular flexibility index (Phi) is 6.00. The summed E-state index contributed by atoms with van der Waals surface area (Å²) in [6, 6.07) is -0.0445. The maximum absolute atomic E-state index is 11.6. The van der Waals surface area contributed by atoms with E-state index in [1.807, 2.05) is 6.92 Å². The summed E-state index contributed by atoms with van der Waals surface area (Å²) in [5.74, 6) is -1.00. The third-order valence-electron chi connectivity index (χ3n) is 2.96. The molecule has 1 aliphatic heterocycles. The molecule has 0 aliphatic carbocycles. The van der Waals surface area contributed by atoms with Crippen molar-refractivity contribution in [2.75, 3.05) is 19.8 Å². The van der Waals surface area contributed by atoms with E-state index >= 15 is 0 Å². The predicted molar refractivity (Wildman–Crippen MR) is 70.9 cm³/mol. The molecule has 1 heterocycles. The van der Waals surface area contributed by atoms with Crippen LogP contribution in [0.5, 0.6) is 0 Å². The quantitative estimate of drug-likeness (QED) is 0.466. The summed E-state index contributed by atoms with van der Waals surface area (Å²) in [7, 11) is 0. The highest BCUT2D eigenvalue weighted by molar-refractivity contribution is 7.80. The first kappa shape index (κ1) is 14.8. The number of ether oxygens (including phenoxy) is 1. The number of rotatable bonds is 4. The summed E-state index contributed by atoms with van der Waals surface area (Å²) in [5, 5.41) is 5.03. The minimum absolute atomic E-state index is 0.0350. The van der Waals surface area contributed by atoms with E-state index in [4.69, 9.17) is 10.5 Å². The first-order valence-corrected chi connectivity index (χ1v) is 6.36. The maximum Gasteiger partial charge on any atom is 0.309 e. The largest absolute Gasteiger partial charge is 0.392 e. The molecule has 1 fully saturated rings. The number of nitrogens with two attached hydrogens (primary N) is 1. The molecule has 7 heteroatoms. The van der Waals surface area contributed by atoms with Gasteiger partial charge in [0.05, 0.1) is 11.5 Å². The molecule has 1 atom stereocenters. The van der Waals surface area contributed by atoms with Gasteiger partial charge in [-0.25, -0.2) is 0 Å². The molecule has 0 aromatic rings. The third-order valence-corrected chi connectivity index (χ3v) is 3.11. The van der Waals surface area contributed by atoms with Crippen molar-refractivity contribution in [3.8, 4) is 0 Å². The van der Waals surface area contributed by atoms with Crippen molar-refractivity contribution in [2.45, 2.75) is 25.8 Å². The molecule has 0 spiro atoms. The lowest BCUT2D eigenvalue weighted by molar-refractivity contribution is -0.139. The Morgan fingerprint density at radius 3 is 2.56 bits per heavy atom. The van der Waals surface area contributed by atoms with Crippen molar-refractivity contribution in [3.63, 3.8) is 0 Å². The Morgan fingerprint density at radius 1 is 1.39 bits per heavy atom. The minimum Gasteiger partial charge on any atom is -0.392 e. The molecular weight excluding hydrogens is 254 g/mol. The Bertz CT molecular complexity index is 329. The summed E-state index contributed by atoms with van der Waals surface area (Å²) < 4.78 is 5.25. The van der Waals surface area contributed by atoms with Gasteiger partial charge in [0.15, 0.2) is 0 Å². The summed E-state index contributed by atoms with van der Waals surface area (Å²) in [4.78, 5) is 23.1. The van der Waals surface area contributed by atoms with E-state index in [0.717, 1.165) is 12.8 Å². The monoisotopic (exact) mass is 273 g/mol. The Morgan fingerprint density at radius 2 is 2.00 bits per heavy atom. The smallest absolute Gasteiger partial charge is 0.309 e. The number of thiocarbonyl (C=S) groups is 1. The van der Waals surface area contributed by atoms with Crippen LogP contribution in [0.15, 0.2) is 0 Å². The number of carbonyl (C=O) groups is 2. The number of hydrogen-bond acceptors (Lipinski definition) is 4. The van der Waals surface area contributed by atoms with Crippen molar-refractivity contribution < 1.29 is 14.3 Å². The first-order valence-electron chi connectivity index (χ1n) is 5.95. The van der Waals surface area contributed by atoms with Crippen molar-refractivity contribution >= 4 is 29.0 Å². The van der Waals surface area contributed by atoms with E-state index in [-0.39, 0.29) is 17.6 Å². The zero-order chi connectivity index (χ0) is 13.5.